The smallest absolute Gasteiger partial charge is 0.258 e. The standard InChI is InChI=1S/C15H18N4O3/c1-9-8-11(13-10(2)18-22-15(13)17-9)14(21)16-5-7-19-6-3-4-12(19)20/h8H,3-7H2,1-2H3,(H,16,21). The molecule has 7 heteroatoms. The summed E-state index contributed by atoms with van der Waals surface area (Å²) in [6.45, 7) is 5.33. The molecule has 0 unspecified atom stereocenters. The molecule has 0 radical (unpaired) electrons. The molecule has 2 aromatic rings. The molecule has 2 amide bonds. The van der Waals surface area contributed by atoms with E-state index in [1.54, 1.807) is 24.8 Å². The summed E-state index contributed by atoms with van der Waals surface area (Å²) >= 11 is 0. The third kappa shape index (κ3) is 2.66. The molecular weight excluding hydrogens is 284 g/mol. The van der Waals surface area contributed by atoms with E-state index in [1.807, 2.05) is 0 Å². The average Bonchev–Trinajstić information content (AvgIpc) is 3.05. The Hall–Kier alpha value is -2.44. The Morgan fingerprint density at radius 2 is 2.27 bits per heavy atom. The van der Waals surface area contributed by atoms with Crippen LogP contribution in [0, 0.1) is 13.8 Å². The van der Waals surface area contributed by atoms with E-state index in [9.17, 15) is 9.59 Å². The molecule has 0 atom stereocenters. The van der Waals surface area contributed by atoms with Crippen molar-refractivity contribution in [3.63, 3.8) is 0 Å². The Balaban J connectivity index is 1.72. The van der Waals surface area contributed by atoms with Crippen LogP contribution in [0.15, 0.2) is 10.6 Å². The lowest BCUT2D eigenvalue weighted by molar-refractivity contribution is -0.127. The van der Waals surface area contributed by atoms with Crippen LogP contribution in [-0.2, 0) is 4.79 Å². The number of likely N-dealkylation sites (tertiary alicyclic amines) is 1. The van der Waals surface area contributed by atoms with Gasteiger partial charge in [0.2, 0.25) is 5.91 Å². The van der Waals surface area contributed by atoms with Crippen LogP contribution in [0.5, 0.6) is 0 Å². The SMILES string of the molecule is Cc1cc(C(=O)NCCN2CCCC2=O)c2c(C)noc2n1. The van der Waals surface area contributed by atoms with E-state index < -0.39 is 0 Å². The lowest BCUT2D eigenvalue weighted by Gasteiger charge is -2.15. The third-order valence-corrected chi connectivity index (χ3v) is 3.83. The number of aryl methyl sites for hydroxylation is 2. The minimum Gasteiger partial charge on any atom is -0.350 e. The highest BCUT2D eigenvalue weighted by atomic mass is 16.5. The molecule has 1 aliphatic rings. The predicted octanol–water partition coefficient (Wildman–Crippen LogP) is 1.19. The van der Waals surface area contributed by atoms with Crippen molar-refractivity contribution in [1.82, 2.24) is 20.4 Å². The van der Waals surface area contributed by atoms with Crippen LogP contribution < -0.4 is 5.32 Å². The first-order valence-corrected chi connectivity index (χ1v) is 7.36. The van der Waals surface area contributed by atoms with Crippen molar-refractivity contribution in [2.45, 2.75) is 26.7 Å². The number of nitrogens with zero attached hydrogens (tertiary/aromatic N) is 3. The molecule has 116 valence electrons. The van der Waals surface area contributed by atoms with Crippen LogP contribution in [0.4, 0.5) is 0 Å². The number of pyridine rings is 1. The monoisotopic (exact) mass is 302 g/mol. The van der Waals surface area contributed by atoms with Crippen molar-refractivity contribution in [2.75, 3.05) is 19.6 Å². The number of aromatic nitrogens is 2. The van der Waals surface area contributed by atoms with E-state index in [4.69, 9.17) is 4.52 Å². The normalized spacial score (nSPS) is 14.8. The summed E-state index contributed by atoms with van der Waals surface area (Å²) in [5.74, 6) is -0.0419. The topological polar surface area (TPSA) is 88.3 Å². The molecule has 0 saturated carbocycles. The highest BCUT2D eigenvalue weighted by Gasteiger charge is 2.21. The minimum absolute atomic E-state index is 0.159. The number of carbonyl (C=O) groups is 2. The molecule has 3 rings (SSSR count). The van der Waals surface area contributed by atoms with Gasteiger partial charge < -0.3 is 14.7 Å². The highest BCUT2D eigenvalue weighted by molar-refractivity contribution is 6.06. The van der Waals surface area contributed by atoms with Gasteiger partial charge in [0.25, 0.3) is 11.6 Å². The third-order valence-electron chi connectivity index (χ3n) is 3.83. The molecule has 0 spiro atoms. The Kier molecular flexibility index (Phi) is 3.79. The molecule has 0 aliphatic carbocycles. The van der Waals surface area contributed by atoms with E-state index in [-0.39, 0.29) is 11.8 Å². The Bertz CT molecular complexity index is 738. The van der Waals surface area contributed by atoms with Crippen molar-refractivity contribution >= 4 is 22.9 Å². The first-order valence-electron chi connectivity index (χ1n) is 7.36. The molecule has 3 heterocycles. The zero-order chi connectivity index (χ0) is 15.7. The highest BCUT2D eigenvalue weighted by Crippen LogP contribution is 2.21. The lowest BCUT2D eigenvalue weighted by atomic mass is 10.1. The first-order chi connectivity index (χ1) is 10.6. The number of fused-ring (bicyclic) bond motifs is 1. The van der Waals surface area contributed by atoms with Crippen LogP contribution in [0.1, 0.15) is 34.6 Å². The van der Waals surface area contributed by atoms with Gasteiger partial charge in [-0.25, -0.2) is 4.98 Å². The maximum Gasteiger partial charge on any atom is 0.258 e. The van der Waals surface area contributed by atoms with Crippen molar-refractivity contribution in [1.29, 1.82) is 0 Å². The number of carbonyl (C=O) groups excluding carboxylic acids is 2. The van der Waals surface area contributed by atoms with Gasteiger partial charge >= 0.3 is 0 Å². The number of hydrogen-bond donors (Lipinski definition) is 1. The van der Waals surface area contributed by atoms with Gasteiger partial charge in [-0.05, 0) is 26.3 Å². The maximum absolute atomic E-state index is 12.4. The van der Waals surface area contributed by atoms with Crippen LogP contribution >= 0.6 is 0 Å². The fourth-order valence-electron chi connectivity index (χ4n) is 2.74. The van der Waals surface area contributed by atoms with E-state index in [2.05, 4.69) is 15.5 Å². The Morgan fingerprint density at radius 1 is 1.45 bits per heavy atom. The van der Waals surface area contributed by atoms with Gasteiger partial charge in [-0.2, -0.15) is 0 Å². The summed E-state index contributed by atoms with van der Waals surface area (Å²) in [5.41, 5.74) is 2.22. The van der Waals surface area contributed by atoms with Gasteiger partial charge in [-0.15, -0.1) is 0 Å². The van der Waals surface area contributed by atoms with E-state index in [0.717, 1.165) is 13.0 Å². The number of nitrogens with one attached hydrogen (secondary N) is 1. The van der Waals surface area contributed by atoms with Gasteiger partial charge in [0.15, 0.2) is 0 Å². The molecule has 2 aromatic heterocycles. The molecule has 22 heavy (non-hydrogen) atoms. The second-order valence-corrected chi connectivity index (χ2v) is 5.50. The van der Waals surface area contributed by atoms with Gasteiger partial charge in [0, 0.05) is 31.7 Å². The zero-order valence-electron chi connectivity index (χ0n) is 12.7. The predicted molar refractivity (Wildman–Crippen MR) is 79.4 cm³/mol. The molecule has 1 saturated heterocycles. The Labute approximate surface area is 127 Å². The van der Waals surface area contributed by atoms with Crippen LogP contribution in [0.2, 0.25) is 0 Å². The summed E-state index contributed by atoms with van der Waals surface area (Å²) in [6, 6.07) is 1.73. The van der Waals surface area contributed by atoms with Gasteiger partial charge in [0.1, 0.15) is 0 Å². The fraction of sp³-hybridized carbons (Fsp3) is 0.467. The molecular formula is C15H18N4O3. The molecule has 1 N–H and O–H groups in total. The van der Waals surface area contributed by atoms with Crippen LogP contribution in [-0.4, -0.2) is 46.5 Å². The average molecular weight is 302 g/mol. The van der Waals surface area contributed by atoms with Crippen LogP contribution in [0.25, 0.3) is 11.1 Å². The van der Waals surface area contributed by atoms with Gasteiger partial charge in [0.05, 0.1) is 16.6 Å². The molecule has 7 nitrogen and oxygen atoms in total. The number of hydrogen-bond acceptors (Lipinski definition) is 5. The summed E-state index contributed by atoms with van der Waals surface area (Å²) in [4.78, 5) is 29.9. The molecule has 1 fully saturated rings. The Morgan fingerprint density at radius 3 is 3.00 bits per heavy atom. The summed E-state index contributed by atoms with van der Waals surface area (Å²) in [6.07, 6.45) is 1.51. The van der Waals surface area contributed by atoms with Crippen molar-refractivity contribution in [3.05, 3.63) is 23.0 Å². The van der Waals surface area contributed by atoms with Crippen molar-refractivity contribution < 1.29 is 14.1 Å². The molecule has 0 bridgehead atoms. The summed E-state index contributed by atoms with van der Waals surface area (Å²) < 4.78 is 5.13. The summed E-state index contributed by atoms with van der Waals surface area (Å²) in [5, 5.41) is 7.35. The van der Waals surface area contributed by atoms with Gasteiger partial charge in [-0.3, -0.25) is 9.59 Å². The quantitative estimate of drug-likeness (QED) is 0.916. The van der Waals surface area contributed by atoms with Gasteiger partial charge in [-0.1, -0.05) is 5.16 Å². The first kappa shape index (κ1) is 14.5. The van der Waals surface area contributed by atoms with E-state index in [0.29, 0.717) is 47.6 Å². The van der Waals surface area contributed by atoms with Crippen LogP contribution in [0.3, 0.4) is 0 Å². The minimum atomic E-state index is -0.201. The van der Waals surface area contributed by atoms with Crippen molar-refractivity contribution in [2.24, 2.45) is 0 Å². The lowest BCUT2D eigenvalue weighted by Crippen LogP contribution is -2.35. The number of amides is 2. The summed E-state index contributed by atoms with van der Waals surface area (Å²) in [7, 11) is 0. The van der Waals surface area contributed by atoms with E-state index in [1.165, 1.54) is 0 Å². The fourth-order valence-corrected chi connectivity index (χ4v) is 2.74. The second kappa shape index (κ2) is 5.75. The number of rotatable bonds is 4. The maximum atomic E-state index is 12.4. The largest absolute Gasteiger partial charge is 0.350 e. The van der Waals surface area contributed by atoms with E-state index >= 15 is 0 Å². The molecule has 1 aliphatic heterocycles. The van der Waals surface area contributed by atoms with Crippen molar-refractivity contribution in [3.8, 4) is 0 Å². The molecule has 0 aromatic carbocycles. The zero-order valence-corrected chi connectivity index (χ0v) is 12.7. The second-order valence-electron chi connectivity index (χ2n) is 5.50.